The number of pyridine rings is 1. The number of nitrogens with zero attached hydrogens (tertiary/aromatic N) is 2. The van der Waals surface area contributed by atoms with Crippen molar-refractivity contribution in [3.05, 3.63) is 40.3 Å². The summed E-state index contributed by atoms with van der Waals surface area (Å²) >= 11 is 1.45. The van der Waals surface area contributed by atoms with Gasteiger partial charge >= 0.3 is 0 Å². The number of fused-ring (bicyclic) bond motifs is 1. The summed E-state index contributed by atoms with van der Waals surface area (Å²) < 4.78 is 0. The monoisotopic (exact) mass is 284 g/mol. The molecule has 0 radical (unpaired) electrons. The lowest BCUT2D eigenvalue weighted by molar-refractivity contribution is 0.104. The number of carbonyl (C=O) groups is 1. The van der Waals surface area contributed by atoms with Crippen LogP contribution in [-0.2, 0) is 0 Å². The Morgan fingerprint density at radius 1 is 1.40 bits per heavy atom. The van der Waals surface area contributed by atoms with Gasteiger partial charge in [-0.1, -0.05) is 6.07 Å². The molecule has 3 aromatic heterocycles. The number of aromatic amines is 1. The maximum absolute atomic E-state index is 12.6. The minimum Gasteiger partial charge on any atom is -0.381 e. The van der Waals surface area contributed by atoms with Crippen molar-refractivity contribution in [3.63, 3.8) is 0 Å². The van der Waals surface area contributed by atoms with Crippen LogP contribution in [0.15, 0.2) is 29.9 Å². The third kappa shape index (κ3) is 1.89. The molecule has 0 amide bonds. The van der Waals surface area contributed by atoms with Crippen LogP contribution in [0, 0.1) is 0 Å². The van der Waals surface area contributed by atoms with Crippen molar-refractivity contribution >= 4 is 33.8 Å². The smallest absolute Gasteiger partial charge is 0.206 e. The predicted molar refractivity (Wildman–Crippen MR) is 78.3 cm³/mol. The number of carbonyl (C=O) groups excluding carboxylic acids is 1. The summed E-state index contributed by atoms with van der Waals surface area (Å²) in [6, 6.07) is 4.19. The number of nitrogens with one attached hydrogen (secondary N) is 2. The van der Waals surface area contributed by atoms with E-state index in [9.17, 15) is 4.79 Å². The van der Waals surface area contributed by atoms with E-state index in [1.54, 1.807) is 12.4 Å². The Balaban J connectivity index is 1.86. The molecular weight excluding hydrogens is 272 g/mol. The predicted octanol–water partition coefficient (Wildman–Crippen LogP) is 2.82. The highest BCUT2D eigenvalue weighted by Crippen LogP contribution is 2.32. The molecular formula is C14H12N4OS. The first-order chi connectivity index (χ1) is 9.83. The van der Waals surface area contributed by atoms with Crippen molar-refractivity contribution in [1.29, 1.82) is 0 Å². The molecule has 0 spiro atoms. The molecule has 0 aliphatic heterocycles. The SMILES string of the molecule is O=C(c1cccs1)c1cnc2[nH]ncc2c1NC1CC1. The molecule has 0 aromatic carbocycles. The number of H-pyrrole nitrogens is 1. The first-order valence-corrected chi connectivity index (χ1v) is 7.38. The van der Waals surface area contributed by atoms with Gasteiger partial charge < -0.3 is 5.32 Å². The molecule has 1 aliphatic carbocycles. The molecule has 1 fully saturated rings. The zero-order chi connectivity index (χ0) is 13.5. The van der Waals surface area contributed by atoms with Crippen LogP contribution in [0.1, 0.15) is 28.1 Å². The molecule has 20 heavy (non-hydrogen) atoms. The van der Waals surface area contributed by atoms with Crippen molar-refractivity contribution in [1.82, 2.24) is 15.2 Å². The van der Waals surface area contributed by atoms with Gasteiger partial charge in [-0.25, -0.2) is 4.98 Å². The van der Waals surface area contributed by atoms with Crippen molar-refractivity contribution in [3.8, 4) is 0 Å². The Hall–Kier alpha value is -2.21. The van der Waals surface area contributed by atoms with Gasteiger partial charge in [0.25, 0.3) is 0 Å². The zero-order valence-corrected chi connectivity index (χ0v) is 11.4. The quantitative estimate of drug-likeness (QED) is 0.723. The summed E-state index contributed by atoms with van der Waals surface area (Å²) in [6.45, 7) is 0. The van der Waals surface area contributed by atoms with E-state index in [1.165, 1.54) is 11.3 Å². The van der Waals surface area contributed by atoms with Gasteiger partial charge in [0.05, 0.1) is 27.7 Å². The highest BCUT2D eigenvalue weighted by Gasteiger charge is 2.26. The van der Waals surface area contributed by atoms with Crippen LogP contribution < -0.4 is 5.32 Å². The molecule has 1 aliphatic rings. The fraction of sp³-hybridized carbons (Fsp3) is 0.214. The zero-order valence-electron chi connectivity index (χ0n) is 10.6. The fourth-order valence-corrected chi connectivity index (χ4v) is 2.88. The van der Waals surface area contributed by atoms with E-state index in [0.29, 0.717) is 17.3 Å². The highest BCUT2D eigenvalue weighted by atomic mass is 32.1. The molecule has 100 valence electrons. The van der Waals surface area contributed by atoms with Gasteiger partial charge in [0.2, 0.25) is 5.78 Å². The van der Waals surface area contributed by atoms with E-state index in [0.717, 1.165) is 28.8 Å². The number of hydrogen-bond acceptors (Lipinski definition) is 5. The van der Waals surface area contributed by atoms with E-state index < -0.39 is 0 Å². The Labute approximate surface area is 119 Å². The standard InChI is InChI=1S/C14H12N4OS/c19-13(11-2-1-5-20-11)9-6-15-14-10(7-16-18-14)12(9)17-8-3-4-8/h1-2,5-8H,3-4H2,(H2,15,16,17,18). The molecule has 2 N–H and O–H groups in total. The second kappa shape index (κ2) is 4.42. The summed E-state index contributed by atoms with van der Waals surface area (Å²) in [5.41, 5.74) is 2.17. The van der Waals surface area contributed by atoms with E-state index >= 15 is 0 Å². The molecule has 3 heterocycles. The molecule has 0 bridgehead atoms. The minimum absolute atomic E-state index is 0.0127. The van der Waals surface area contributed by atoms with E-state index in [2.05, 4.69) is 20.5 Å². The summed E-state index contributed by atoms with van der Waals surface area (Å²) in [5.74, 6) is 0.0127. The second-order valence-electron chi connectivity index (χ2n) is 4.90. The summed E-state index contributed by atoms with van der Waals surface area (Å²) in [5, 5.41) is 13.1. The Morgan fingerprint density at radius 3 is 3.05 bits per heavy atom. The van der Waals surface area contributed by atoms with Crippen LogP contribution in [0.3, 0.4) is 0 Å². The second-order valence-corrected chi connectivity index (χ2v) is 5.85. The maximum atomic E-state index is 12.6. The van der Waals surface area contributed by atoms with Crippen LogP contribution in [0.25, 0.3) is 11.0 Å². The van der Waals surface area contributed by atoms with Crippen LogP contribution in [0.4, 0.5) is 5.69 Å². The number of rotatable bonds is 4. The van der Waals surface area contributed by atoms with Gasteiger partial charge in [0, 0.05) is 12.2 Å². The largest absolute Gasteiger partial charge is 0.381 e. The van der Waals surface area contributed by atoms with Crippen LogP contribution >= 0.6 is 11.3 Å². The normalized spacial score (nSPS) is 14.6. The summed E-state index contributed by atoms with van der Waals surface area (Å²) in [7, 11) is 0. The fourth-order valence-electron chi connectivity index (χ4n) is 2.20. The van der Waals surface area contributed by atoms with Gasteiger partial charge in [-0.15, -0.1) is 11.3 Å². The number of ketones is 1. The first-order valence-electron chi connectivity index (χ1n) is 6.50. The van der Waals surface area contributed by atoms with E-state index in [1.807, 2.05) is 17.5 Å². The maximum Gasteiger partial charge on any atom is 0.206 e. The average molecular weight is 284 g/mol. The van der Waals surface area contributed by atoms with Crippen LogP contribution in [0.5, 0.6) is 0 Å². The Morgan fingerprint density at radius 2 is 2.30 bits per heavy atom. The molecule has 6 heteroatoms. The average Bonchev–Trinajstić information content (AvgIpc) is 2.98. The van der Waals surface area contributed by atoms with Crippen molar-refractivity contribution in [2.24, 2.45) is 0 Å². The van der Waals surface area contributed by atoms with Crippen LogP contribution in [-0.4, -0.2) is 27.0 Å². The molecule has 0 atom stereocenters. The van der Waals surface area contributed by atoms with E-state index in [4.69, 9.17) is 0 Å². The number of hydrogen-bond donors (Lipinski definition) is 2. The molecule has 0 unspecified atom stereocenters. The summed E-state index contributed by atoms with van der Waals surface area (Å²) in [6.07, 6.45) is 5.65. The van der Waals surface area contributed by atoms with Crippen molar-refractivity contribution < 1.29 is 4.79 Å². The third-order valence-corrected chi connectivity index (χ3v) is 4.26. The molecule has 3 aromatic rings. The number of anilines is 1. The van der Waals surface area contributed by atoms with E-state index in [-0.39, 0.29) is 5.78 Å². The lowest BCUT2D eigenvalue weighted by Crippen LogP contribution is -2.09. The van der Waals surface area contributed by atoms with Gasteiger partial charge in [0.15, 0.2) is 5.65 Å². The lowest BCUT2D eigenvalue weighted by Gasteiger charge is -2.10. The van der Waals surface area contributed by atoms with Gasteiger partial charge in [-0.05, 0) is 24.3 Å². The minimum atomic E-state index is 0.0127. The molecule has 4 rings (SSSR count). The Bertz CT molecular complexity index is 774. The number of aromatic nitrogens is 3. The van der Waals surface area contributed by atoms with Crippen molar-refractivity contribution in [2.45, 2.75) is 18.9 Å². The topological polar surface area (TPSA) is 70.7 Å². The first kappa shape index (κ1) is 11.6. The van der Waals surface area contributed by atoms with Gasteiger partial charge in [0.1, 0.15) is 0 Å². The third-order valence-electron chi connectivity index (χ3n) is 3.40. The van der Waals surface area contributed by atoms with Gasteiger partial charge in [-0.2, -0.15) is 5.10 Å². The van der Waals surface area contributed by atoms with Crippen molar-refractivity contribution in [2.75, 3.05) is 5.32 Å². The molecule has 1 saturated carbocycles. The molecule has 5 nitrogen and oxygen atoms in total. The highest BCUT2D eigenvalue weighted by molar-refractivity contribution is 7.12. The van der Waals surface area contributed by atoms with Crippen LogP contribution in [0.2, 0.25) is 0 Å². The summed E-state index contributed by atoms with van der Waals surface area (Å²) in [4.78, 5) is 17.6. The van der Waals surface area contributed by atoms with Gasteiger partial charge in [-0.3, -0.25) is 9.89 Å². The molecule has 0 saturated heterocycles. The Kier molecular flexibility index (Phi) is 2.56. The number of thiophene rings is 1. The lowest BCUT2D eigenvalue weighted by atomic mass is 10.1.